The van der Waals surface area contributed by atoms with E-state index in [4.69, 9.17) is 9.84 Å². The molecule has 3 N–H and O–H groups in total. The van der Waals surface area contributed by atoms with Crippen molar-refractivity contribution in [2.75, 3.05) is 13.2 Å². The highest BCUT2D eigenvalue weighted by Crippen LogP contribution is 2.09. The van der Waals surface area contributed by atoms with Gasteiger partial charge in [-0.05, 0) is 18.1 Å². The van der Waals surface area contributed by atoms with Gasteiger partial charge in [0.2, 0.25) is 0 Å². The van der Waals surface area contributed by atoms with Crippen molar-refractivity contribution in [3.8, 4) is 5.75 Å². The zero-order chi connectivity index (χ0) is 15.0. The molecule has 5 heteroatoms. The van der Waals surface area contributed by atoms with E-state index >= 15 is 0 Å². The number of hydrogen-bond donors (Lipinski definition) is 3. The largest absolute Gasteiger partial charge is 0.491 e. The first-order chi connectivity index (χ1) is 9.54. The lowest BCUT2D eigenvalue weighted by atomic mass is 9.99. The van der Waals surface area contributed by atoms with Gasteiger partial charge >= 0.3 is 5.97 Å². The van der Waals surface area contributed by atoms with Gasteiger partial charge in [-0.15, -0.1) is 0 Å². The molecule has 5 nitrogen and oxygen atoms in total. The summed E-state index contributed by atoms with van der Waals surface area (Å²) in [4.78, 5) is 11.1. The van der Waals surface area contributed by atoms with Crippen LogP contribution in [0, 0.1) is 5.92 Å². The zero-order valence-corrected chi connectivity index (χ0v) is 12.0. The fourth-order valence-corrected chi connectivity index (χ4v) is 1.80. The molecule has 0 unspecified atom stereocenters. The number of aliphatic hydroxyl groups excluding tert-OH is 1. The molecule has 1 aromatic carbocycles. The van der Waals surface area contributed by atoms with Gasteiger partial charge in [0, 0.05) is 6.54 Å². The number of para-hydroxylation sites is 1. The smallest absolute Gasteiger partial charge is 0.320 e. The van der Waals surface area contributed by atoms with Crippen molar-refractivity contribution < 1.29 is 19.7 Å². The highest BCUT2D eigenvalue weighted by Gasteiger charge is 2.23. The summed E-state index contributed by atoms with van der Waals surface area (Å²) in [5.74, 6) is -0.200. The fourth-order valence-electron chi connectivity index (χ4n) is 1.80. The molecule has 112 valence electrons. The molecule has 0 aliphatic carbocycles. The summed E-state index contributed by atoms with van der Waals surface area (Å²) < 4.78 is 5.41. The zero-order valence-electron chi connectivity index (χ0n) is 12.0. The number of aliphatic carboxylic acids is 1. The molecule has 0 spiro atoms. The molecule has 0 amide bonds. The monoisotopic (exact) mass is 281 g/mol. The molecule has 0 radical (unpaired) electrons. The number of rotatable bonds is 9. The molecule has 0 aromatic heterocycles. The molecule has 1 aromatic rings. The Bertz CT molecular complexity index is 396. The van der Waals surface area contributed by atoms with E-state index in [2.05, 4.69) is 5.32 Å². The molecule has 0 saturated heterocycles. The lowest BCUT2D eigenvalue weighted by Crippen LogP contribution is -2.45. The van der Waals surface area contributed by atoms with Gasteiger partial charge in [-0.3, -0.25) is 4.79 Å². The predicted molar refractivity (Wildman–Crippen MR) is 76.8 cm³/mol. The quantitative estimate of drug-likeness (QED) is 0.639. The van der Waals surface area contributed by atoms with Crippen LogP contribution in [-0.2, 0) is 4.79 Å². The van der Waals surface area contributed by atoms with Gasteiger partial charge in [0.25, 0.3) is 0 Å². The molecule has 0 bridgehead atoms. The second-order valence-corrected chi connectivity index (χ2v) is 4.89. The maximum atomic E-state index is 11.1. The molecule has 0 aliphatic heterocycles. The Balaban J connectivity index is 2.34. The van der Waals surface area contributed by atoms with Crippen molar-refractivity contribution in [1.82, 2.24) is 5.32 Å². The number of benzene rings is 1. The number of carboxylic acids is 1. The normalized spacial score (nSPS) is 15.3. The first kappa shape index (κ1) is 16.5. The molecular weight excluding hydrogens is 258 g/mol. The second-order valence-electron chi connectivity index (χ2n) is 4.89. The molecule has 1 rings (SSSR count). The Hall–Kier alpha value is -1.59. The van der Waals surface area contributed by atoms with E-state index in [1.54, 1.807) is 12.1 Å². The van der Waals surface area contributed by atoms with Crippen molar-refractivity contribution in [2.45, 2.75) is 32.4 Å². The number of ether oxygens (including phenoxy) is 1. The average Bonchev–Trinajstić information content (AvgIpc) is 2.45. The summed E-state index contributed by atoms with van der Waals surface area (Å²) in [5.41, 5.74) is 0. The second kappa shape index (κ2) is 8.55. The number of hydrogen-bond acceptors (Lipinski definition) is 4. The van der Waals surface area contributed by atoms with E-state index in [0.29, 0.717) is 5.75 Å². The Kier molecular flexibility index (Phi) is 7.04. The standard InChI is InChI=1S/C15H23NO4/c1-3-11(2)14(15(18)19)16-9-12(17)10-20-13-7-5-4-6-8-13/h4-8,11-12,14,16-17H,3,9-10H2,1-2H3,(H,18,19)/t11-,12+,14+/m1/s1. The van der Waals surface area contributed by atoms with Crippen LogP contribution < -0.4 is 10.1 Å². The van der Waals surface area contributed by atoms with Crippen LogP contribution in [0.2, 0.25) is 0 Å². The van der Waals surface area contributed by atoms with Crippen molar-refractivity contribution in [2.24, 2.45) is 5.92 Å². The molecule has 0 saturated carbocycles. The Morgan fingerprint density at radius 2 is 2.00 bits per heavy atom. The lowest BCUT2D eigenvalue weighted by Gasteiger charge is -2.22. The third-order valence-corrected chi connectivity index (χ3v) is 3.24. The van der Waals surface area contributed by atoms with Crippen LogP contribution in [0.25, 0.3) is 0 Å². The molecular formula is C15H23NO4. The van der Waals surface area contributed by atoms with Gasteiger partial charge in [-0.25, -0.2) is 0 Å². The predicted octanol–water partition coefficient (Wildman–Crippen LogP) is 1.52. The fraction of sp³-hybridized carbons (Fsp3) is 0.533. The third-order valence-electron chi connectivity index (χ3n) is 3.24. The topological polar surface area (TPSA) is 78.8 Å². The summed E-state index contributed by atoms with van der Waals surface area (Å²) in [7, 11) is 0. The van der Waals surface area contributed by atoms with Crippen LogP contribution in [-0.4, -0.2) is 41.5 Å². The van der Waals surface area contributed by atoms with E-state index in [0.717, 1.165) is 6.42 Å². The minimum atomic E-state index is -0.893. The molecule has 0 aliphatic rings. The van der Waals surface area contributed by atoms with E-state index in [1.165, 1.54) is 0 Å². The van der Waals surface area contributed by atoms with Crippen LogP contribution in [0.4, 0.5) is 0 Å². The third kappa shape index (κ3) is 5.59. The van der Waals surface area contributed by atoms with Gasteiger partial charge in [0.05, 0.1) is 0 Å². The van der Waals surface area contributed by atoms with Gasteiger partial charge in [-0.2, -0.15) is 0 Å². The maximum absolute atomic E-state index is 11.1. The van der Waals surface area contributed by atoms with Crippen LogP contribution in [0.1, 0.15) is 20.3 Å². The van der Waals surface area contributed by atoms with Gasteiger partial charge < -0.3 is 20.3 Å². The Labute approximate surface area is 119 Å². The summed E-state index contributed by atoms with van der Waals surface area (Å²) in [5, 5.41) is 21.8. The SMILES string of the molecule is CC[C@@H](C)[C@H](NC[C@H](O)COc1ccccc1)C(=O)O. The lowest BCUT2D eigenvalue weighted by molar-refractivity contribution is -0.141. The average molecular weight is 281 g/mol. The van der Waals surface area contributed by atoms with E-state index in [-0.39, 0.29) is 19.1 Å². The number of aliphatic hydroxyl groups is 1. The molecule has 0 heterocycles. The summed E-state index contributed by atoms with van der Waals surface area (Å²) in [6, 6.07) is 8.55. The van der Waals surface area contributed by atoms with Gasteiger partial charge in [0.1, 0.15) is 24.5 Å². The van der Waals surface area contributed by atoms with Crippen LogP contribution in [0.3, 0.4) is 0 Å². The summed E-state index contributed by atoms with van der Waals surface area (Å²) >= 11 is 0. The molecule has 20 heavy (non-hydrogen) atoms. The minimum Gasteiger partial charge on any atom is -0.491 e. The Morgan fingerprint density at radius 3 is 2.55 bits per heavy atom. The van der Waals surface area contributed by atoms with Crippen molar-refractivity contribution in [3.63, 3.8) is 0 Å². The highest BCUT2D eigenvalue weighted by atomic mass is 16.5. The highest BCUT2D eigenvalue weighted by molar-refractivity contribution is 5.73. The minimum absolute atomic E-state index is 0.00902. The van der Waals surface area contributed by atoms with Crippen molar-refractivity contribution in [3.05, 3.63) is 30.3 Å². The first-order valence-electron chi connectivity index (χ1n) is 6.86. The maximum Gasteiger partial charge on any atom is 0.320 e. The molecule has 3 atom stereocenters. The van der Waals surface area contributed by atoms with E-state index in [1.807, 2.05) is 32.0 Å². The van der Waals surface area contributed by atoms with E-state index < -0.39 is 18.1 Å². The van der Waals surface area contributed by atoms with Crippen LogP contribution in [0.15, 0.2) is 30.3 Å². The molecule has 0 fully saturated rings. The number of carboxylic acid groups (broad SMARTS) is 1. The summed E-state index contributed by atoms with van der Waals surface area (Å²) in [6.07, 6.45) is 0.0155. The van der Waals surface area contributed by atoms with Gasteiger partial charge in [0.15, 0.2) is 0 Å². The van der Waals surface area contributed by atoms with Crippen LogP contribution >= 0.6 is 0 Å². The van der Waals surface area contributed by atoms with Gasteiger partial charge in [-0.1, -0.05) is 38.5 Å². The Morgan fingerprint density at radius 1 is 1.35 bits per heavy atom. The van der Waals surface area contributed by atoms with E-state index in [9.17, 15) is 9.90 Å². The number of nitrogens with one attached hydrogen (secondary N) is 1. The first-order valence-corrected chi connectivity index (χ1v) is 6.86. The van der Waals surface area contributed by atoms with Crippen LogP contribution in [0.5, 0.6) is 5.75 Å². The van der Waals surface area contributed by atoms with Crippen molar-refractivity contribution in [1.29, 1.82) is 0 Å². The van der Waals surface area contributed by atoms with Crippen molar-refractivity contribution >= 4 is 5.97 Å². The number of carbonyl (C=O) groups is 1. The summed E-state index contributed by atoms with van der Waals surface area (Å²) in [6.45, 7) is 4.13.